The Morgan fingerprint density at radius 1 is 1.44 bits per heavy atom. The van der Waals surface area contributed by atoms with Crippen molar-refractivity contribution in [3.05, 3.63) is 0 Å². The van der Waals surface area contributed by atoms with E-state index < -0.39 is 20.5 Å². The van der Waals surface area contributed by atoms with Crippen LogP contribution in [0.5, 0.6) is 0 Å². The minimum atomic E-state index is -3.39. The second kappa shape index (κ2) is 4.33. The first kappa shape index (κ1) is 13.4. The maximum atomic E-state index is 11.7. The molecule has 0 spiro atoms. The number of rotatable bonds is 4. The van der Waals surface area contributed by atoms with Crippen LogP contribution in [0.15, 0.2) is 0 Å². The summed E-state index contributed by atoms with van der Waals surface area (Å²) < 4.78 is 21.4. The topological polar surface area (TPSA) is 89.3 Å². The standard InChI is InChI=1S/C10H20N2O3S/c1-10(2,16(3,14)15)9(13)12-6-7-4-8(11)5-7/h7-8H,4-6,11H2,1-3H3,(H,12,13). The van der Waals surface area contributed by atoms with E-state index in [9.17, 15) is 13.2 Å². The van der Waals surface area contributed by atoms with Gasteiger partial charge >= 0.3 is 0 Å². The van der Waals surface area contributed by atoms with Crippen LogP contribution in [0.3, 0.4) is 0 Å². The molecule has 6 heteroatoms. The molecule has 1 rings (SSSR count). The fourth-order valence-electron chi connectivity index (χ4n) is 1.57. The van der Waals surface area contributed by atoms with Gasteiger partial charge in [0, 0.05) is 18.8 Å². The highest BCUT2D eigenvalue weighted by Crippen LogP contribution is 2.25. The van der Waals surface area contributed by atoms with Gasteiger partial charge in [-0.05, 0) is 32.6 Å². The van der Waals surface area contributed by atoms with E-state index in [0.717, 1.165) is 19.1 Å². The minimum Gasteiger partial charge on any atom is -0.354 e. The smallest absolute Gasteiger partial charge is 0.240 e. The van der Waals surface area contributed by atoms with Gasteiger partial charge in [-0.3, -0.25) is 4.79 Å². The van der Waals surface area contributed by atoms with Crippen LogP contribution in [0, 0.1) is 5.92 Å². The Morgan fingerprint density at radius 2 is 1.94 bits per heavy atom. The molecule has 1 aliphatic carbocycles. The lowest BCUT2D eigenvalue weighted by molar-refractivity contribution is -0.123. The summed E-state index contributed by atoms with van der Waals surface area (Å²) in [6, 6.07) is 0.241. The van der Waals surface area contributed by atoms with Crippen LogP contribution in [0.4, 0.5) is 0 Å². The highest BCUT2D eigenvalue weighted by molar-refractivity contribution is 7.92. The summed E-state index contributed by atoms with van der Waals surface area (Å²) in [4.78, 5) is 11.7. The second-order valence-electron chi connectivity index (χ2n) is 5.09. The third kappa shape index (κ3) is 2.74. The number of sulfone groups is 1. The molecule has 0 saturated heterocycles. The van der Waals surface area contributed by atoms with Crippen LogP contribution in [0.25, 0.3) is 0 Å². The largest absolute Gasteiger partial charge is 0.354 e. The fraction of sp³-hybridized carbons (Fsp3) is 0.900. The zero-order valence-corrected chi connectivity index (χ0v) is 10.8. The average Bonchev–Trinajstić information content (AvgIpc) is 2.07. The molecule has 0 bridgehead atoms. The number of carbonyl (C=O) groups excluding carboxylic acids is 1. The van der Waals surface area contributed by atoms with Crippen molar-refractivity contribution in [3.63, 3.8) is 0 Å². The van der Waals surface area contributed by atoms with Gasteiger partial charge in [0.25, 0.3) is 0 Å². The van der Waals surface area contributed by atoms with Gasteiger partial charge in [0.05, 0.1) is 0 Å². The van der Waals surface area contributed by atoms with Gasteiger partial charge in [-0.15, -0.1) is 0 Å². The van der Waals surface area contributed by atoms with Crippen molar-refractivity contribution in [1.29, 1.82) is 0 Å². The summed E-state index contributed by atoms with van der Waals surface area (Å²) in [6.45, 7) is 3.36. The van der Waals surface area contributed by atoms with Gasteiger partial charge < -0.3 is 11.1 Å². The van der Waals surface area contributed by atoms with Gasteiger partial charge in [0.2, 0.25) is 5.91 Å². The lowest BCUT2D eigenvalue weighted by atomic mass is 9.81. The van der Waals surface area contributed by atoms with E-state index in [1.807, 2.05) is 0 Å². The van der Waals surface area contributed by atoms with E-state index in [-0.39, 0.29) is 6.04 Å². The Bertz CT molecular complexity index is 370. The van der Waals surface area contributed by atoms with Gasteiger partial charge in [-0.25, -0.2) is 8.42 Å². The Kier molecular flexibility index (Phi) is 3.64. The molecule has 1 saturated carbocycles. The Morgan fingerprint density at radius 3 is 2.31 bits per heavy atom. The summed E-state index contributed by atoms with van der Waals surface area (Å²) >= 11 is 0. The molecule has 0 aromatic carbocycles. The first-order valence-electron chi connectivity index (χ1n) is 5.38. The molecule has 1 amide bonds. The molecule has 0 aromatic rings. The lowest BCUT2D eigenvalue weighted by Crippen LogP contribution is -2.50. The Hall–Kier alpha value is -0.620. The van der Waals surface area contributed by atoms with E-state index in [1.165, 1.54) is 13.8 Å². The first-order chi connectivity index (χ1) is 7.14. The Balaban J connectivity index is 2.46. The quantitative estimate of drug-likeness (QED) is 0.712. The van der Waals surface area contributed by atoms with Crippen molar-refractivity contribution in [1.82, 2.24) is 5.32 Å². The summed E-state index contributed by atoms with van der Waals surface area (Å²) in [5, 5.41) is 2.68. The maximum absolute atomic E-state index is 11.7. The number of amides is 1. The van der Waals surface area contributed by atoms with Crippen LogP contribution >= 0.6 is 0 Å². The van der Waals surface area contributed by atoms with E-state index in [0.29, 0.717) is 12.5 Å². The molecule has 0 unspecified atom stereocenters. The monoisotopic (exact) mass is 248 g/mol. The number of nitrogens with one attached hydrogen (secondary N) is 1. The molecule has 16 heavy (non-hydrogen) atoms. The van der Waals surface area contributed by atoms with Crippen LogP contribution in [-0.2, 0) is 14.6 Å². The SMILES string of the molecule is CC(C)(C(=O)NCC1CC(N)C1)S(C)(=O)=O. The summed E-state index contributed by atoms with van der Waals surface area (Å²) in [5.74, 6) is -0.0372. The molecular weight excluding hydrogens is 228 g/mol. The van der Waals surface area contributed by atoms with Crippen molar-refractivity contribution in [2.45, 2.75) is 37.5 Å². The maximum Gasteiger partial charge on any atom is 0.240 e. The minimum absolute atomic E-state index is 0.241. The van der Waals surface area contributed by atoms with Crippen LogP contribution in [0.1, 0.15) is 26.7 Å². The van der Waals surface area contributed by atoms with Crippen LogP contribution in [0.2, 0.25) is 0 Å². The van der Waals surface area contributed by atoms with Crippen LogP contribution < -0.4 is 11.1 Å². The summed E-state index contributed by atoms with van der Waals surface area (Å²) in [7, 11) is -3.39. The molecule has 1 aliphatic rings. The van der Waals surface area contributed by atoms with Gasteiger partial charge in [0.15, 0.2) is 9.84 Å². The zero-order chi connectivity index (χ0) is 12.6. The number of nitrogens with two attached hydrogens (primary N) is 1. The molecule has 0 aliphatic heterocycles. The van der Waals surface area contributed by atoms with Crippen LogP contribution in [-0.4, -0.2) is 37.9 Å². The fourth-order valence-corrected chi connectivity index (χ4v) is 1.98. The van der Waals surface area contributed by atoms with E-state index in [1.54, 1.807) is 0 Å². The van der Waals surface area contributed by atoms with Crippen molar-refractivity contribution in [2.24, 2.45) is 11.7 Å². The third-order valence-corrected chi connectivity index (χ3v) is 5.34. The molecule has 94 valence electrons. The highest BCUT2D eigenvalue weighted by Gasteiger charge is 2.38. The van der Waals surface area contributed by atoms with Crippen molar-refractivity contribution in [3.8, 4) is 0 Å². The summed E-state index contributed by atoms with van der Waals surface area (Å²) in [6.07, 6.45) is 2.88. The predicted octanol–water partition coefficient (Wildman–Crippen LogP) is -0.337. The van der Waals surface area contributed by atoms with Crippen molar-refractivity contribution in [2.75, 3.05) is 12.8 Å². The molecule has 3 N–H and O–H groups in total. The van der Waals surface area contributed by atoms with Gasteiger partial charge in [0.1, 0.15) is 4.75 Å². The number of hydrogen-bond acceptors (Lipinski definition) is 4. The molecule has 1 fully saturated rings. The molecule has 0 heterocycles. The van der Waals surface area contributed by atoms with Crippen molar-refractivity contribution >= 4 is 15.7 Å². The highest BCUT2D eigenvalue weighted by atomic mass is 32.2. The van der Waals surface area contributed by atoms with Gasteiger partial charge in [-0.1, -0.05) is 0 Å². The van der Waals surface area contributed by atoms with E-state index in [4.69, 9.17) is 5.73 Å². The molecule has 0 radical (unpaired) electrons. The molecular formula is C10H20N2O3S. The molecule has 0 atom stereocenters. The molecule has 5 nitrogen and oxygen atoms in total. The zero-order valence-electron chi connectivity index (χ0n) is 9.99. The number of carbonyl (C=O) groups is 1. The summed E-state index contributed by atoms with van der Waals surface area (Å²) in [5.41, 5.74) is 5.62. The predicted molar refractivity (Wildman–Crippen MR) is 62.6 cm³/mol. The lowest BCUT2D eigenvalue weighted by Gasteiger charge is -2.33. The third-order valence-electron chi connectivity index (χ3n) is 3.30. The number of hydrogen-bond donors (Lipinski definition) is 2. The van der Waals surface area contributed by atoms with E-state index >= 15 is 0 Å². The molecule has 0 aromatic heterocycles. The average molecular weight is 248 g/mol. The first-order valence-corrected chi connectivity index (χ1v) is 7.27. The van der Waals surface area contributed by atoms with Crippen molar-refractivity contribution < 1.29 is 13.2 Å². The van der Waals surface area contributed by atoms with Gasteiger partial charge in [-0.2, -0.15) is 0 Å². The second-order valence-corrected chi connectivity index (χ2v) is 7.65. The normalized spacial score (nSPS) is 26.0. The van der Waals surface area contributed by atoms with E-state index in [2.05, 4.69) is 5.32 Å². The Labute approximate surface area is 96.7 Å².